The fourth-order valence-corrected chi connectivity index (χ4v) is 2.90. The van der Waals surface area contributed by atoms with Gasteiger partial charge in [0.05, 0.1) is 16.9 Å². The molecule has 1 atom stereocenters. The molecule has 0 aliphatic heterocycles. The summed E-state index contributed by atoms with van der Waals surface area (Å²) in [7, 11) is 0. The average Bonchev–Trinajstić information content (AvgIpc) is 2.78. The zero-order chi connectivity index (χ0) is 13.7. The van der Waals surface area contributed by atoms with E-state index in [1.165, 1.54) is 5.56 Å². The molecule has 0 N–H and O–H groups in total. The molecule has 0 amide bonds. The lowest BCUT2D eigenvalue weighted by Crippen LogP contribution is -2.05. The van der Waals surface area contributed by atoms with Gasteiger partial charge in [-0.15, -0.1) is 0 Å². The predicted molar refractivity (Wildman–Crippen MR) is 84.0 cm³/mol. The molecule has 1 aromatic heterocycles. The second kappa shape index (κ2) is 7.11. The van der Waals surface area contributed by atoms with Crippen LogP contribution in [0.3, 0.4) is 0 Å². The number of rotatable bonds is 6. The van der Waals surface area contributed by atoms with E-state index in [0.717, 1.165) is 36.5 Å². The summed E-state index contributed by atoms with van der Waals surface area (Å²) in [4.78, 5) is 0.356. The molecule has 0 spiro atoms. The molecule has 0 radical (unpaired) electrons. The van der Waals surface area contributed by atoms with Gasteiger partial charge in [-0.1, -0.05) is 64.8 Å². The van der Waals surface area contributed by atoms with Crippen molar-refractivity contribution >= 4 is 27.5 Å². The summed E-state index contributed by atoms with van der Waals surface area (Å²) < 4.78 is 2.02. The molecule has 0 saturated heterocycles. The van der Waals surface area contributed by atoms with Gasteiger partial charge in [0, 0.05) is 11.4 Å². The van der Waals surface area contributed by atoms with Crippen molar-refractivity contribution in [1.29, 1.82) is 0 Å². The average molecular weight is 342 g/mol. The molecule has 0 fully saturated rings. The predicted octanol–water partition coefficient (Wildman–Crippen LogP) is 5.02. The Hall–Kier alpha value is -0.800. The van der Waals surface area contributed by atoms with Gasteiger partial charge in [-0.3, -0.25) is 4.68 Å². The number of hydrogen-bond donors (Lipinski definition) is 0. The zero-order valence-electron chi connectivity index (χ0n) is 11.0. The first-order chi connectivity index (χ1) is 9.22. The lowest BCUT2D eigenvalue weighted by atomic mass is 10.1. The third kappa shape index (κ3) is 3.83. The minimum Gasteiger partial charge on any atom is -0.268 e. The minimum absolute atomic E-state index is 0.356. The minimum atomic E-state index is 0.356. The van der Waals surface area contributed by atoms with Crippen LogP contribution in [0.25, 0.3) is 0 Å². The van der Waals surface area contributed by atoms with Crippen LogP contribution in [0.1, 0.15) is 35.8 Å². The molecular formula is C15H18BrClN2. The van der Waals surface area contributed by atoms with Gasteiger partial charge in [0.15, 0.2) is 0 Å². The van der Waals surface area contributed by atoms with Crippen LogP contribution in [-0.4, -0.2) is 9.78 Å². The van der Waals surface area contributed by atoms with Crippen LogP contribution >= 0.6 is 27.5 Å². The fraction of sp³-hybridized carbons (Fsp3) is 0.400. The highest BCUT2D eigenvalue weighted by molar-refractivity contribution is 9.09. The molecule has 2 nitrogen and oxygen atoms in total. The summed E-state index contributed by atoms with van der Waals surface area (Å²) in [6.07, 6.45) is 4.77. The molecule has 102 valence electrons. The maximum absolute atomic E-state index is 6.21. The van der Waals surface area contributed by atoms with E-state index in [1.54, 1.807) is 6.20 Å². The third-order valence-electron chi connectivity index (χ3n) is 3.13. The Balaban J connectivity index is 2.00. The number of aryl methyl sites for hydroxylation is 1. The van der Waals surface area contributed by atoms with Crippen molar-refractivity contribution in [3.05, 3.63) is 52.8 Å². The van der Waals surface area contributed by atoms with Crippen molar-refractivity contribution in [3.63, 3.8) is 0 Å². The SMILES string of the molecule is CCCn1ncc(Cl)c1CCC(Br)c1ccccc1. The lowest BCUT2D eigenvalue weighted by Gasteiger charge is -2.11. The summed E-state index contributed by atoms with van der Waals surface area (Å²) in [5.74, 6) is 0. The van der Waals surface area contributed by atoms with Gasteiger partial charge in [0.25, 0.3) is 0 Å². The number of nitrogens with zero attached hydrogens (tertiary/aromatic N) is 2. The molecule has 1 unspecified atom stereocenters. The Morgan fingerprint density at radius 2 is 2.05 bits per heavy atom. The van der Waals surface area contributed by atoms with Crippen molar-refractivity contribution in [3.8, 4) is 0 Å². The second-order valence-corrected chi connectivity index (χ2v) is 6.09. The van der Waals surface area contributed by atoms with Gasteiger partial charge in [0.2, 0.25) is 0 Å². The third-order valence-corrected chi connectivity index (χ3v) is 4.43. The summed E-state index contributed by atoms with van der Waals surface area (Å²) in [6.45, 7) is 3.08. The van der Waals surface area contributed by atoms with Crippen molar-refractivity contribution in [1.82, 2.24) is 9.78 Å². The summed E-state index contributed by atoms with van der Waals surface area (Å²) in [6, 6.07) is 10.5. The standard InChI is InChI=1S/C15H18BrClN2/c1-2-10-19-15(14(17)11-18-19)9-8-13(16)12-6-4-3-5-7-12/h3-7,11,13H,2,8-10H2,1H3. The molecule has 0 aliphatic rings. The van der Waals surface area contributed by atoms with Crippen LogP contribution in [0, 0.1) is 0 Å². The van der Waals surface area contributed by atoms with Gasteiger partial charge in [0.1, 0.15) is 0 Å². The van der Waals surface area contributed by atoms with Gasteiger partial charge in [-0.25, -0.2) is 0 Å². The number of halogens is 2. The van der Waals surface area contributed by atoms with Crippen LogP contribution < -0.4 is 0 Å². The summed E-state index contributed by atoms with van der Waals surface area (Å²) in [5, 5.41) is 5.10. The highest BCUT2D eigenvalue weighted by Crippen LogP contribution is 2.29. The normalized spacial score (nSPS) is 12.6. The van der Waals surface area contributed by atoms with Gasteiger partial charge in [-0.05, 0) is 24.8 Å². The number of hydrogen-bond acceptors (Lipinski definition) is 1. The van der Waals surface area contributed by atoms with Crippen molar-refractivity contribution in [2.24, 2.45) is 0 Å². The Morgan fingerprint density at radius 1 is 1.32 bits per heavy atom. The van der Waals surface area contributed by atoms with E-state index >= 15 is 0 Å². The highest BCUT2D eigenvalue weighted by atomic mass is 79.9. The lowest BCUT2D eigenvalue weighted by molar-refractivity contribution is 0.566. The Bertz CT molecular complexity index is 510. The van der Waals surface area contributed by atoms with Crippen molar-refractivity contribution in [2.75, 3.05) is 0 Å². The Kier molecular flexibility index (Phi) is 5.46. The second-order valence-electron chi connectivity index (χ2n) is 4.58. The zero-order valence-corrected chi connectivity index (χ0v) is 13.4. The molecule has 1 heterocycles. The summed E-state index contributed by atoms with van der Waals surface area (Å²) >= 11 is 9.96. The quantitative estimate of drug-likeness (QED) is 0.675. The van der Waals surface area contributed by atoms with E-state index in [9.17, 15) is 0 Å². The monoisotopic (exact) mass is 340 g/mol. The first-order valence-electron chi connectivity index (χ1n) is 6.61. The Labute approximate surface area is 127 Å². The van der Waals surface area contributed by atoms with E-state index < -0.39 is 0 Å². The first-order valence-corrected chi connectivity index (χ1v) is 7.91. The maximum Gasteiger partial charge on any atom is 0.0817 e. The van der Waals surface area contributed by atoms with Crippen LogP contribution in [0.4, 0.5) is 0 Å². The molecular weight excluding hydrogens is 324 g/mol. The molecule has 2 rings (SSSR count). The molecule has 19 heavy (non-hydrogen) atoms. The molecule has 2 aromatic rings. The summed E-state index contributed by atoms with van der Waals surface area (Å²) in [5.41, 5.74) is 2.45. The van der Waals surface area contributed by atoms with E-state index in [2.05, 4.69) is 52.2 Å². The van der Waals surface area contributed by atoms with Gasteiger partial charge in [-0.2, -0.15) is 5.10 Å². The van der Waals surface area contributed by atoms with E-state index in [0.29, 0.717) is 4.83 Å². The van der Waals surface area contributed by atoms with Crippen molar-refractivity contribution < 1.29 is 0 Å². The Morgan fingerprint density at radius 3 is 2.74 bits per heavy atom. The van der Waals surface area contributed by atoms with Crippen LogP contribution in [0.2, 0.25) is 5.02 Å². The number of alkyl halides is 1. The van der Waals surface area contributed by atoms with E-state index in [4.69, 9.17) is 11.6 Å². The number of benzene rings is 1. The van der Waals surface area contributed by atoms with Gasteiger partial charge < -0.3 is 0 Å². The van der Waals surface area contributed by atoms with Crippen LogP contribution in [-0.2, 0) is 13.0 Å². The fourth-order valence-electron chi connectivity index (χ4n) is 2.13. The first kappa shape index (κ1) is 14.6. The topological polar surface area (TPSA) is 17.8 Å². The maximum atomic E-state index is 6.21. The number of aromatic nitrogens is 2. The van der Waals surface area contributed by atoms with Gasteiger partial charge >= 0.3 is 0 Å². The van der Waals surface area contributed by atoms with E-state index in [-0.39, 0.29) is 0 Å². The van der Waals surface area contributed by atoms with E-state index in [1.807, 2.05) is 10.7 Å². The largest absolute Gasteiger partial charge is 0.268 e. The molecule has 0 bridgehead atoms. The van der Waals surface area contributed by atoms with Crippen LogP contribution in [0.15, 0.2) is 36.5 Å². The molecule has 0 saturated carbocycles. The highest BCUT2D eigenvalue weighted by Gasteiger charge is 2.12. The molecule has 0 aliphatic carbocycles. The molecule has 1 aromatic carbocycles. The van der Waals surface area contributed by atoms with Crippen LogP contribution in [0.5, 0.6) is 0 Å². The van der Waals surface area contributed by atoms with Crippen molar-refractivity contribution in [2.45, 2.75) is 37.6 Å². The molecule has 4 heteroatoms. The smallest absolute Gasteiger partial charge is 0.0817 e.